The third-order valence-electron chi connectivity index (χ3n) is 3.21. The number of esters is 1. The number of halogens is 1. The highest BCUT2D eigenvalue weighted by molar-refractivity contribution is 9.10. The third kappa shape index (κ3) is 4.12. The van der Waals surface area contributed by atoms with Crippen molar-refractivity contribution in [2.45, 2.75) is 19.5 Å². The number of carbonyl (C=O) groups excluding carboxylic acids is 1. The first-order valence-corrected chi connectivity index (χ1v) is 7.42. The molecule has 0 amide bonds. The molecule has 21 heavy (non-hydrogen) atoms. The minimum atomic E-state index is -0.372. The van der Waals surface area contributed by atoms with Gasteiger partial charge in [-0.15, -0.1) is 0 Å². The van der Waals surface area contributed by atoms with Gasteiger partial charge in [0.2, 0.25) is 0 Å². The number of ether oxygens (including phenoxy) is 1. The number of benzene rings is 1. The molecule has 0 saturated carbocycles. The maximum atomic E-state index is 11.3. The predicted molar refractivity (Wildman–Crippen MR) is 85.0 cm³/mol. The Morgan fingerprint density at radius 1 is 1.33 bits per heavy atom. The highest BCUT2D eigenvalue weighted by Gasteiger charge is 2.09. The molecule has 0 spiro atoms. The molecular weight excluding hydrogens is 332 g/mol. The summed E-state index contributed by atoms with van der Waals surface area (Å²) in [4.78, 5) is 15.6. The van der Waals surface area contributed by atoms with Gasteiger partial charge in [0.15, 0.2) is 0 Å². The van der Waals surface area contributed by atoms with Crippen LogP contribution in [0, 0.1) is 0 Å². The van der Waals surface area contributed by atoms with E-state index in [1.165, 1.54) is 18.9 Å². The van der Waals surface area contributed by atoms with E-state index in [4.69, 9.17) is 0 Å². The molecular formula is C16H17BrN2O2. The first kappa shape index (κ1) is 15.7. The van der Waals surface area contributed by atoms with Gasteiger partial charge in [-0.2, -0.15) is 0 Å². The molecule has 1 heterocycles. The summed E-state index contributed by atoms with van der Waals surface area (Å²) in [6.07, 6.45) is 1.53. The van der Waals surface area contributed by atoms with Gasteiger partial charge >= 0.3 is 5.97 Å². The Labute approximate surface area is 132 Å². The van der Waals surface area contributed by atoms with Crippen molar-refractivity contribution in [3.05, 3.63) is 63.9 Å². The molecule has 0 aliphatic rings. The SMILES string of the molecule is COC(=O)c1ccc(CN[C@@H](C)c2ccccc2Br)nc1. The lowest BCUT2D eigenvalue weighted by molar-refractivity contribution is 0.0600. The third-order valence-corrected chi connectivity index (χ3v) is 3.93. The fourth-order valence-electron chi connectivity index (χ4n) is 1.96. The summed E-state index contributed by atoms with van der Waals surface area (Å²) in [5, 5.41) is 3.41. The largest absolute Gasteiger partial charge is 0.465 e. The quantitative estimate of drug-likeness (QED) is 0.840. The number of hydrogen-bond acceptors (Lipinski definition) is 4. The number of pyridine rings is 1. The molecule has 1 N–H and O–H groups in total. The Morgan fingerprint density at radius 3 is 2.71 bits per heavy atom. The zero-order valence-electron chi connectivity index (χ0n) is 12.0. The number of nitrogens with one attached hydrogen (secondary N) is 1. The lowest BCUT2D eigenvalue weighted by atomic mass is 10.1. The first-order chi connectivity index (χ1) is 10.1. The Kier molecular flexibility index (Phi) is 5.47. The van der Waals surface area contributed by atoms with Crippen molar-refractivity contribution in [2.24, 2.45) is 0 Å². The first-order valence-electron chi connectivity index (χ1n) is 6.63. The lowest BCUT2D eigenvalue weighted by Gasteiger charge is -2.15. The van der Waals surface area contributed by atoms with Crippen LogP contribution in [0.3, 0.4) is 0 Å². The van der Waals surface area contributed by atoms with Gasteiger partial charge in [0.1, 0.15) is 0 Å². The highest BCUT2D eigenvalue weighted by Crippen LogP contribution is 2.22. The van der Waals surface area contributed by atoms with Gasteiger partial charge in [0.25, 0.3) is 0 Å². The van der Waals surface area contributed by atoms with Crippen LogP contribution in [0.1, 0.15) is 34.6 Å². The summed E-state index contributed by atoms with van der Waals surface area (Å²) in [6, 6.07) is 11.9. The van der Waals surface area contributed by atoms with Crippen LogP contribution in [0.2, 0.25) is 0 Å². The van der Waals surface area contributed by atoms with Gasteiger partial charge < -0.3 is 10.1 Å². The molecule has 0 aliphatic carbocycles. The molecule has 5 heteroatoms. The second kappa shape index (κ2) is 7.33. The molecule has 0 saturated heterocycles. The second-order valence-corrected chi connectivity index (χ2v) is 5.51. The van der Waals surface area contributed by atoms with Crippen LogP contribution < -0.4 is 5.32 Å². The fourth-order valence-corrected chi connectivity index (χ4v) is 2.59. The van der Waals surface area contributed by atoms with E-state index in [0.717, 1.165) is 10.2 Å². The van der Waals surface area contributed by atoms with Crippen molar-refractivity contribution in [1.82, 2.24) is 10.3 Å². The van der Waals surface area contributed by atoms with Crippen molar-refractivity contribution in [3.8, 4) is 0 Å². The molecule has 0 aliphatic heterocycles. The number of rotatable bonds is 5. The predicted octanol–water partition coefficient (Wildman–Crippen LogP) is 3.48. The zero-order chi connectivity index (χ0) is 15.2. The van der Waals surface area contributed by atoms with Crippen LogP contribution in [0.25, 0.3) is 0 Å². The minimum absolute atomic E-state index is 0.197. The Balaban J connectivity index is 1.97. The molecule has 0 radical (unpaired) electrons. The Bertz CT molecular complexity index is 614. The number of methoxy groups -OCH3 is 1. The van der Waals surface area contributed by atoms with Gasteiger partial charge in [-0.05, 0) is 30.7 Å². The number of hydrogen-bond donors (Lipinski definition) is 1. The minimum Gasteiger partial charge on any atom is -0.465 e. The molecule has 0 bridgehead atoms. The van der Waals surface area contributed by atoms with Crippen molar-refractivity contribution in [3.63, 3.8) is 0 Å². The number of nitrogens with zero attached hydrogens (tertiary/aromatic N) is 1. The molecule has 0 unspecified atom stereocenters. The normalized spacial score (nSPS) is 12.0. The van der Waals surface area contributed by atoms with Crippen molar-refractivity contribution >= 4 is 21.9 Å². The fraction of sp³-hybridized carbons (Fsp3) is 0.250. The molecule has 1 aromatic carbocycles. The van der Waals surface area contributed by atoms with Crippen LogP contribution >= 0.6 is 15.9 Å². The molecule has 2 rings (SSSR count). The van der Waals surface area contributed by atoms with Gasteiger partial charge in [0, 0.05) is 23.3 Å². The average Bonchev–Trinajstić information content (AvgIpc) is 2.52. The van der Waals surface area contributed by atoms with E-state index in [1.807, 2.05) is 24.3 Å². The summed E-state index contributed by atoms with van der Waals surface area (Å²) >= 11 is 3.55. The smallest absolute Gasteiger partial charge is 0.339 e. The molecule has 1 aromatic heterocycles. The van der Waals surface area contributed by atoms with Crippen molar-refractivity contribution < 1.29 is 9.53 Å². The van der Waals surface area contributed by atoms with Crippen LogP contribution in [0.5, 0.6) is 0 Å². The van der Waals surface area contributed by atoms with E-state index in [1.54, 1.807) is 6.07 Å². The van der Waals surface area contributed by atoms with E-state index < -0.39 is 0 Å². The van der Waals surface area contributed by atoms with Crippen LogP contribution in [-0.2, 0) is 11.3 Å². The van der Waals surface area contributed by atoms with Gasteiger partial charge in [-0.3, -0.25) is 4.98 Å². The van der Waals surface area contributed by atoms with Crippen LogP contribution in [0.15, 0.2) is 47.1 Å². The second-order valence-electron chi connectivity index (χ2n) is 4.65. The van der Waals surface area contributed by atoms with Crippen LogP contribution in [0.4, 0.5) is 0 Å². The molecule has 2 aromatic rings. The molecule has 110 valence electrons. The molecule has 1 atom stereocenters. The highest BCUT2D eigenvalue weighted by atomic mass is 79.9. The summed E-state index contributed by atoms with van der Waals surface area (Å²) in [5.74, 6) is -0.372. The van der Waals surface area contributed by atoms with E-state index in [2.05, 4.69) is 44.0 Å². The molecule has 0 fully saturated rings. The summed E-state index contributed by atoms with van der Waals surface area (Å²) < 4.78 is 5.73. The maximum absolute atomic E-state index is 11.3. The van der Waals surface area contributed by atoms with Crippen molar-refractivity contribution in [1.29, 1.82) is 0 Å². The van der Waals surface area contributed by atoms with E-state index in [0.29, 0.717) is 12.1 Å². The van der Waals surface area contributed by atoms with Crippen LogP contribution in [-0.4, -0.2) is 18.1 Å². The van der Waals surface area contributed by atoms with E-state index in [9.17, 15) is 4.79 Å². The summed E-state index contributed by atoms with van der Waals surface area (Å²) in [6.45, 7) is 2.73. The number of carbonyl (C=O) groups is 1. The maximum Gasteiger partial charge on any atom is 0.339 e. The van der Waals surface area contributed by atoms with E-state index in [-0.39, 0.29) is 12.0 Å². The topological polar surface area (TPSA) is 51.2 Å². The van der Waals surface area contributed by atoms with E-state index >= 15 is 0 Å². The summed E-state index contributed by atoms with van der Waals surface area (Å²) in [7, 11) is 1.36. The molecule has 4 nitrogen and oxygen atoms in total. The van der Waals surface area contributed by atoms with Gasteiger partial charge in [-0.1, -0.05) is 34.1 Å². The summed E-state index contributed by atoms with van der Waals surface area (Å²) in [5.41, 5.74) is 2.53. The Hall–Kier alpha value is -1.72. The Morgan fingerprint density at radius 2 is 2.10 bits per heavy atom. The standard InChI is InChI=1S/C16H17BrN2O2/c1-11(14-5-3-4-6-15(14)17)18-10-13-8-7-12(9-19-13)16(20)21-2/h3-9,11,18H,10H2,1-2H3/t11-/m0/s1. The van der Waals surface area contributed by atoms with Gasteiger partial charge in [0.05, 0.1) is 18.4 Å². The zero-order valence-corrected chi connectivity index (χ0v) is 13.6. The van der Waals surface area contributed by atoms with Crippen molar-refractivity contribution in [2.75, 3.05) is 7.11 Å². The average molecular weight is 349 g/mol. The monoisotopic (exact) mass is 348 g/mol. The lowest BCUT2D eigenvalue weighted by Crippen LogP contribution is -2.19. The van der Waals surface area contributed by atoms with Gasteiger partial charge in [-0.25, -0.2) is 4.79 Å². The number of aromatic nitrogens is 1.